The van der Waals surface area contributed by atoms with Gasteiger partial charge in [0.1, 0.15) is 11.0 Å². The first-order chi connectivity index (χ1) is 15.0. The summed E-state index contributed by atoms with van der Waals surface area (Å²) < 4.78 is 0. The Bertz CT molecular complexity index is 1480. The third kappa shape index (κ3) is 3.63. The second-order valence-corrected chi connectivity index (χ2v) is 8.04. The van der Waals surface area contributed by atoms with Gasteiger partial charge in [-0.25, -0.2) is 0 Å². The monoisotopic (exact) mass is 446 g/mol. The van der Waals surface area contributed by atoms with Gasteiger partial charge in [-0.3, -0.25) is 4.79 Å². The minimum Gasteiger partial charge on any atom is -0.322 e. The van der Waals surface area contributed by atoms with Gasteiger partial charge in [0.25, 0.3) is 5.91 Å². The molecule has 0 saturated carbocycles. The van der Waals surface area contributed by atoms with Crippen LogP contribution in [0.1, 0.15) is 15.9 Å². The molecule has 0 radical (unpaired) electrons. The molecule has 0 atom stereocenters. The molecule has 7 heteroatoms. The van der Waals surface area contributed by atoms with E-state index in [4.69, 9.17) is 23.2 Å². The van der Waals surface area contributed by atoms with E-state index in [1.54, 1.807) is 18.2 Å². The van der Waals surface area contributed by atoms with Crippen LogP contribution in [0.5, 0.6) is 0 Å². The number of aromatic nitrogens is 3. The van der Waals surface area contributed by atoms with E-state index in [1.807, 2.05) is 61.5 Å². The summed E-state index contributed by atoms with van der Waals surface area (Å²) in [4.78, 5) is 14.5. The predicted molar refractivity (Wildman–Crippen MR) is 126 cm³/mol. The first kappa shape index (κ1) is 19.5. The zero-order valence-corrected chi connectivity index (χ0v) is 17.9. The highest BCUT2D eigenvalue weighted by Crippen LogP contribution is 2.27. The molecule has 31 heavy (non-hydrogen) atoms. The number of fused-ring (bicyclic) bond motifs is 2. The molecule has 0 saturated heterocycles. The number of amides is 1. The van der Waals surface area contributed by atoms with Crippen molar-refractivity contribution in [3.05, 3.63) is 94.0 Å². The van der Waals surface area contributed by atoms with E-state index in [0.717, 1.165) is 22.0 Å². The lowest BCUT2D eigenvalue weighted by Gasteiger charge is -2.09. The number of nitrogens with one attached hydrogen (secondary N) is 1. The molecule has 0 spiro atoms. The van der Waals surface area contributed by atoms with E-state index < -0.39 is 0 Å². The molecule has 0 aliphatic carbocycles. The molecule has 0 aliphatic heterocycles. The number of aryl methyl sites for hydroxylation is 1. The normalized spacial score (nSPS) is 11.2. The molecule has 152 valence electrons. The molecule has 1 N–H and O–H groups in total. The molecule has 0 unspecified atom stereocenters. The number of hydrogen-bond acceptors (Lipinski definition) is 3. The van der Waals surface area contributed by atoms with Gasteiger partial charge in [0.15, 0.2) is 0 Å². The molecule has 1 aromatic heterocycles. The standard InChI is InChI=1S/C24H16Cl2N4O/c1-14-8-10-16(13-21(14)26)30-28-22-11-9-15(12-23(22)29-30)27-24(31)19-6-2-5-18-17(19)4-3-7-20(18)25/h2-13H,1H3,(H,27,31). The lowest BCUT2D eigenvalue weighted by Crippen LogP contribution is -2.12. The molecule has 5 nitrogen and oxygen atoms in total. The minimum absolute atomic E-state index is 0.218. The molecule has 4 aromatic carbocycles. The summed E-state index contributed by atoms with van der Waals surface area (Å²) in [5, 5.41) is 14.9. The zero-order chi connectivity index (χ0) is 21.5. The number of carbonyl (C=O) groups excluding carboxylic acids is 1. The van der Waals surface area contributed by atoms with Crippen LogP contribution in [0.25, 0.3) is 27.5 Å². The summed E-state index contributed by atoms with van der Waals surface area (Å²) in [5.74, 6) is -0.218. The largest absolute Gasteiger partial charge is 0.322 e. The van der Waals surface area contributed by atoms with Gasteiger partial charge in [-0.2, -0.15) is 4.80 Å². The van der Waals surface area contributed by atoms with Crippen molar-refractivity contribution in [2.45, 2.75) is 6.92 Å². The molecule has 0 bridgehead atoms. The molecule has 1 amide bonds. The van der Waals surface area contributed by atoms with Crippen LogP contribution in [-0.2, 0) is 0 Å². The first-order valence-corrected chi connectivity index (χ1v) is 10.4. The van der Waals surface area contributed by atoms with E-state index in [2.05, 4.69) is 15.5 Å². The number of rotatable bonds is 3. The van der Waals surface area contributed by atoms with Gasteiger partial charge in [-0.1, -0.05) is 53.5 Å². The minimum atomic E-state index is -0.218. The van der Waals surface area contributed by atoms with Crippen LogP contribution in [0.2, 0.25) is 10.0 Å². The van der Waals surface area contributed by atoms with E-state index >= 15 is 0 Å². The Hall–Kier alpha value is -3.41. The Morgan fingerprint density at radius 2 is 1.61 bits per heavy atom. The number of anilines is 1. The Balaban J connectivity index is 1.47. The Kier molecular flexibility index (Phi) is 4.85. The fourth-order valence-electron chi connectivity index (χ4n) is 3.48. The molecule has 1 heterocycles. The Morgan fingerprint density at radius 3 is 2.45 bits per heavy atom. The number of halogens is 2. The van der Waals surface area contributed by atoms with E-state index in [0.29, 0.717) is 32.3 Å². The van der Waals surface area contributed by atoms with Crippen molar-refractivity contribution in [3.63, 3.8) is 0 Å². The van der Waals surface area contributed by atoms with Gasteiger partial charge in [0.05, 0.1) is 5.69 Å². The van der Waals surface area contributed by atoms with Crippen LogP contribution in [-0.4, -0.2) is 20.9 Å². The SMILES string of the molecule is Cc1ccc(-n2nc3ccc(NC(=O)c4cccc5c(Cl)cccc45)cc3n2)cc1Cl. The van der Waals surface area contributed by atoms with Crippen molar-refractivity contribution in [1.82, 2.24) is 15.0 Å². The van der Waals surface area contributed by atoms with Gasteiger partial charge < -0.3 is 5.32 Å². The fourth-order valence-corrected chi connectivity index (χ4v) is 3.89. The van der Waals surface area contributed by atoms with Crippen LogP contribution in [0, 0.1) is 6.92 Å². The second kappa shape index (κ2) is 7.69. The quantitative estimate of drug-likeness (QED) is 0.346. The number of hydrogen-bond donors (Lipinski definition) is 1. The number of nitrogens with zero attached hydrogens (tertiary/aromatic N) is 3. The molecule has 0 aliphatic rings. The fraction of sp³-hybridized carbons (Fsp3) is 0.0417. The lowest BCUT2D eigenvalue weighted by molar-refractivity contribution is 0.102. The van der Waals surface area contributed by atoms with Crippen LogP contribution < -0.4 is 5.32 Å². The highest BCUT2D eigenvalue weighted by molar-refractivity contribution is 6.36. The van der Waals surface area contributed by atoms with Gasteiger partial charge in [0, 0.05) is 26.7 Å². The van der Waals surface area contributed by atoms with Crippen LogP contribution in [0.3, 0.4) is 0 Å². The van der Waals surface area contributed by atoms with Gasteiger partial charge in [-0.05, 0) is 60.3 Å². The first-order valence-electron chi connectivity index (χ1n) is 9.62. The second-order valence-electron chi connectivity index (χ2n) is 7.22. The Morgan fingerprint density at radius 1 is 0.839 bits per heavy atom. The van der Waals surface area contributed by atoms with E-state index in [1.165, 1.54) is 4.80 Å². The summed E-state index contributed by atoms with van der Waals surface area (Å²) in [7, 11) is 0. The van der Waals surface area contributed by atoms with Crippen molar-refractivity contribution in [1.29, 1.82) is 0 Å². The Labute approximate surface area is 188 Å². The zero-order valence-electron chi connectivity index (χ0n) is 16.4. The molecular formula is C24H16Cl2N4O. The third-order valence-corrected chi connectivity index (χ3v) is 5.87. The highest BCUT2D eigenvalue weighted by atomic mass is 35.5. The number of carbonyl (C=O) groups is 1. The molecule has 5 aromatic rings. The predicted octanol–water partition coefficient (Wildman–Crippen LogP) is 6.44. The summed E-state index contributed by atoms with van der Waals surface area (Å²) in [6.07, 6.45) is 0. The van der Waals surface area contributed by atoms with Crippen molar-refractivity contribution >= 4 is 56.6 Å². The van der Waals surface area contributed by atoms with Gasteiger partial charge >= 0.3 is 0 Å². The maximum absolute atomic E-state index is 13.0. The van der Waals surface area contributed by atoms with E-state index in [9.17, 15) is 4.79 Å². The van der Waals surface area contributed by atoms with Crippen LogP contribution >= 0.6 is 23.2 Å². The van der Waals surface area contributed by atoms with Crippen LogP contribution in [0.15, 0.2) is 72.8 Å². The van der Waals surface area contributed by atoms with Crippen molar-refractivity contribution < 1.29 is 4.79 Å². The third-order valence-electron chi connectivity index (χ3n) is 5.14. The maximum atomic E-state index is 13.0. The van der Waals surface area contributed by atoms with Crippen molar-refractivity contribution in [3.8, 4) is 5.69 Å². The van der Waals surface area contributed by atoms with E-state index in [-0.39, 0.29) is 5.91 Å². The molecule has 5 rings (SSSR count). The summed E-state index contributed by atoms with van der Waals surface area (Å²) in [6, 6.07) is 22.1. The van der Waals surface area contributed by atoms with Gasteiger partial charge in [-0.15, -0.1) is 10.2 Å². The topological polar surface area (TPSA) is 59.8 Å². The summed E-state index contributed by atoms with van der Waals surface area (Å²) in [5.41, 5.74) is 4.32. The van der Waals surface area contributed by atoms with Crippen LogP contribution in [0.4, 0.5) is 5.69 Å². The number of benzene rings is 4. The summed E-state index contributed by atoms with van der Waals surface area (Å²) >= 11 is 12.5. The van der Waals surface area contributed by atoms with Gasteiger partial charge in [0.2, 0.25) is 0 Å². The average Bonchev–Trinajstić information content (AvgIpc) is 3.19. The lowest BCUT2D eigenvalue weighted by atomic mass is 10.0. The van der Waals surface area contributed by atoms with Crippen molar-refractivity contribution in [2.24, 2.45) is 0 Å². The molecule has 0 fully saturated rings. The average molecular weight is 447 g/mol. The van der Waals surface area contributed by atoms with Crippen molar-refractivity contribution in [2.75, 3.05) is 5.32 Å². The molecular weight excluding hydrogens is 431 g/mol. The smallest absolute Gasteiger partial charge is 0.256 e. The summed E-state index contributed by atoms with van der Waals surface area (Å²) in [6.45, 7) is 1.94. The highest BCUT2D eigenvalue weighted by Gasteiger charge is 2.13. The maximum Gasteiger partial charge on any atom is 0.256 e.